The summed E-state index contributed by atoms with van der Waals surface area (Å²) in [6.07, 6.45) is -0.141. The molecule has 2 fully saturated rings. The van der Waals surface area contributed by atoms with Crippen molar-refractivity contribution in [2.45, 2.75) is 19.3 Å². The van der Waals surface area contributed by atoms with Crippen LogP contribution in [0.3, 0.4) is 0 Å². The smallest absolute Gasteiger partial charge is 0.410 e. The molecule has 20 heavy (non-hydrogen) atoms. The summed E-state index contributed by atoms with van der Waals surface area (Å²) in [5, 5.41) is 9.73. The van der Waals surface area contributed by atoms with Gasteiger partial charge in [-0.05, 0) is 12.0 Å². The number of nitrogens with zero attached hydrogens (tertiary/aromatic N) is 1. The van der Waals surface area contributed by atoms with E-state index in [9.17, 15) is 9.90 Å². The molecule has 1 N–H and O–H groups in total. The SMILES string of the molecule is O=C(OCc1ccccc1)N1C[C@@H]2COC(O)[C@@H](C2)C1. The zero-order chi connectivity index (χ0) is 13.9. The van der Waals surface area contributed by atoms with E-state index in [1.807, 2.05) is 30.3 Å². The first kappa shape index (κ1) is 13.4. The Morgan fingerprint density at radius 2 is 2.15 bits per heavy atom. The molecule has 2 heterocycles. The lowest BCUT2D eigenvalue weighted by molar-refractivity contribution is -0.193. The summed E-state index contributed by atoms with van der Waals surface area (Å²) in [7, 11) is 0. The van der Waals surface area contributed by atoms with Crippen molar-refractivity contribution in [2.24, 2.45) is 11.8 Å². The monoisotopic (exact) mass is 277 g/mol. The zero-order valence-electron chi connectivity index (χ0n) is 11.3. The molecule has 2 aliphatic heterocycles. The van der Waals surface area contributed by atoms with E-state index in [0.29, 0.717) is 25.6 Å². The number of hydrogen-bond donors (Lipinski definition) is 1. The van der Waals surface area contributed by atoms with Crippen LogP contribution in [0, 0.1) is 11.8 Å². The van der Waals surface area contributed by atoms with Gasteiger partial charge in [0, 0.05) is 24.9 Å². The van der Waals surface area contributed by atoms with Crippen molar-refractivity contribution >= 4 is 6.09 Å². The molecule has 108 valence electrons. The average Bonchev–Trinajstić information content (AvgIpc) is 2.50. The molecule has 5 heteroatoms. The van der Waals surface area contributed by atoms with Gasteiger partial charge in [-0.25, -0.2) is 4.79 Å². The second-order valence-electron chi connectivity index (χ2n) is 5.53. The summed E-state index contributed by atoms with van der Waals surface area (Å²) in [6, 6.07) is 9.62. The number of aliphatic hydroxyl groups excluding tert-OH is 1. The summed E-state index contributed by atoms with van der Waals surface area (Å²) >= 11 is 0. The van der Waals surface area contributed by atoms with Crippen LogP contribution in [-0.2, 0) is 16.1 Å². The van der Waals surface area contributed by atoms with E-state index in [2.05, 4.69) is 0 Å². The molecule has 1 amide bonds. The first-order valence-corrected chi connectivity index (χ1v) is 6.97. The van der Waals surface area contributed by atoms with Crippen LogP contribution in [0.25, 0.3) is 0 Å². The molecule has 1 aromatic rings. The van der Waals surface area contributed by atoms with Crippen LogP contribution in [0.5, 0.6) is 0 Å². The lowest BCUT2D eigenvalue weighted by atomic mass is 9.87. The van der Waals surface area contributed by atoms with Crippen molar-refractivity contribution in [1.82, 2.24) is 4.90 Å². The fourth-order valence-corrected chi connectivity index (χ4v) is 2.90. The Balaban J connectivity index is 1.55. The van der Waals surface area contributed by atoms with E-state index in [4.69, 9.17) is 9.47 Å². The molecule has 5 nitrogen and oxygen atoms in total. The van der Waals surface area contributed by atoms with Crippen LogP contribution in [0.1, 0.15) is 12.0 Å². The van der Waals surface area contributed by atoms with Gasteiger partial charge in [-0.15, -0.1) is 0 Å². The van der Waals surface area contributed by atoms with Gasteiger partial charge in [0.2, 0.25) is 0 Å². The topological polar surface area (TPSA) is 59.0 Å². The van der Waals surface area contributed by atoms with E-state index >= 15 is 0 Å². The Kier molecular flexibility index (Phi) is 3.89. The van der Waals surface area contributed by atoms with Gasteiger partial charge >= 0.3 is 6.09 Å². The summed E-state index contributed by atoms with van der Waals surface area (Å²) in [6.45, 7) is 1.95. The lowest BCUT2D eigenvalue weighted by Gasteiger charge is -2.42. The van der Waals surface area contributed by atoms with Gasteiger partial charge in [-0.1, -0.05) is 30.3 Å². The Hall–Kier alpha value is -1.59. The highest BCUT2D eigenvalue weighted by Gasteiger charge is 2.38. The van der Waals surface area contributed by atoms with Crippen LogP contribution < -0.4 is 0 Å². The number of carbonyl (C=O) groups excluding carboxylic acids is 1. The highest BCUT2D eigenvalue weighted by atomic mass is 16.6. The Morgan fingerprint density at radius 3 is 2.95 bits per heavy atom. The minimum Gasteiger partial charge on any atom is -0.445 e. The minimum absolute atomic E-state index is 0.00627. The minimum atomic E-state index is -0.754. The van der Waals surface area contributed by atoms with E-state index in [1.54, 1.807) is 4.90 Å². The maximum atomic E-state index is 12.1. The number of hydrogen-bond acceptors (Lipinski definition) is 4. The number of fused-ring (bicyclic) bond motifs is 2. The summed E-state index contributed by atoms with van der Waals surface area (Å²) < 4.78 is 10.6. The second-order valence-corrected chi connectivity index (χ2v) is 5.53. The molecule has 0 radical (unpaired) electrons. The van der Waals surface area contributed by atoms with Crippen LogP contribution in [0.2, 0.25) is 0 Å². The van der Waals surface area contributed by atoms with Gasteiger partial charge in [0.15, 0.2) is 6.29 Å². The molecule has 2 aliphatic rings. The third-order valence-electron chi connectivity index (χ3n) is 3.94. The second kappa shape index (κ2) is 5.81. The Labute approximate surface area is 118 Å². The Bertz CT molecular complexity index is 464. The van der Waals surface area contributed by atoms with Crippen molar-refractivity contribution in [3.05, 3.63) is 35.9 Å². The predicted molar refractivity (Wildman–Crippen MR) is 71.8 cm³/mol. The molecule has 0 aromatic heterocycles. The van der Waals surface area contributed by atoms with Crippen molar-refractivity contribution in [2.75, 3.05) is 19.7 Å². The largest absolute Gasteiger partial charge is 0.445 e. The van der Waals surface area contributed by atoms with E-state index in [1.165, 1.54) is 0 Å². The summed E-state index contributed by atoms with van der Waals surface area (Å²) in [5.41, 5.74) is 0.974. The van der Waals surface area contributed by atoms with Gasteiger partial charge in [0.05, 0.1) is 6.61 Å². The van der Waals surface area contributed by atoms with Crippen LogP contribution in [-0.4, -0.2) is 42.1 Å². The first-order valence-electron chi connectivity index (χ1n) is 6.97. The highest BCUT2D eigenvalue weighted by Crippen LogP contribution is 2.30. The van der Waals surface area contributed by atoms with E-state index < -0.39 is 6.29 Å². The van der Waals surface area contributed by atoms with Gasteiger partial charge in [0.25, 0.3) is 0 Å². The molecule has 3 rings (SSSR count). The molecular formula is C15H19NO4. The van der Waals surface area contributed by atoms with Crippen LogP contribution in [0.15, 0.2) is 30.3 Å². The number of aliphatic hydroxyl groups is 1. The number of ether oxygens (including phenoxy) is 2. The summed E-state index contributed by atoms with van der Waals surface area (Å²) in [4.78, 5) is 13.8. The molecule has 0 spiro atoms. The van der Waals surface area contributed by atoms with Crippen molar-refractivity contribution in [1.29, 1.82) is 0 Å². The standard InChI is InChI=1S/C15H19NO4/c17-14-13-6-12(10-19-14)7-16(8-13)15(18)20-9-11-4-2-1-3-5-11/h1-5,12-14,17H,6-10H2/t12-,13+,14?/m1/s1. The fourth-order valence-electron chi connectivity index (χ4n) is 2.90. The van der Waals surface area contributed by atoms with Gasteiger partial charge in [0.1, 0.15) is 6.61 Å². The highest BCUT2D eigenvalue weighted by molar-refractivity contribution is 5.67. The van der Waals surface area contributed by atoms with Crippen molar-refractivity contribution in [3.8, 4) is 0 Å². The van der Waals surface area contributed by atoms with Crippen molar-refractivity contribution < 1.29 is 19.4 Å². The predicted octanol–water partition coefficient (Wildman–Crippen LogP) is 1.61. The van der Waals surface area contributed by atoms with Crippen LogP contribution >= 0.6 is 0 Å². The molecule has 2 bridgehead atoms. The van der Waals surface area contributed by atoms with E-state index in [-0.39, 0.29) is 18.6 Å². The molecule has 1 aromatic carbocycles. The maximum Gasteiger partial charge on any atom is 0.410 e. The number of carbonyl (C=O) groups is 1. The van der Waals surface area contributed by atoms with E-state index in [0.717, 1.165) is 12.0 Å². The molecule has 3 atom stereocenters. The summed E-state index contributed by atoms with van der Waals surface area (Å²) in [5.74, 6) is 0.313. The fraction of sp³-hybridized carbons (Fsp3) is 0.533. The van der Waals surface area contributed by atoms with Crippen LogP contribution in [0.4, 0.5) is 4.79 Å². The molecule has 0 aliphatic carbocycles. The van der Waals surface area contributed by atoms with Crippen molar-refractivity contribution in [3.63, 3.8) is 0 Å². The molecule has 2 saturated heterocycles. The number of likely N-dealkylation sites (tertiary alicyclic amines) is 1. The number of benzene rings is 1. The van der Waals surface area contributed by atoms with Gasteiger partial charge in [-0.3, -0.25) is 0 Å². The molecule has 1 unspecified atom stereocenters. The first-order chi connectivity index (χ1) is 9.72. The number of piperidine rings is 1. The number of amides is 1. The third-order valence-corrected chi connectivity index (χ3v) is 3.94. The molecular weight excluding hydrogens is 258 g/mol. The third kappa shape index (κ3) is 2.94. The maximum absolute atomic E-state index is 12.1. The lowest BCUT2D eigenvalue weighted by Crippen LogP contribution is -2.52. The average molecular weight is 277 g/mol. The quantitative estimate of drug-likeness (QED) is 0.892. The number of rotatable bonds is 2. The Morgan fingerprint density at radius 1 is 1.35 bits per heavy atom. The normalized spacial score (nSPS) is 29.1. The van der Waals surface area contributed by atoms with Gasteiger partial charge < -0.3 is 19.5 Å². The molecule has 0 saturated carbocycles. The van der Waals surface area contributed by atoms with Gasteiger partial charge in [-0.2, -0.15) is 0 Å². The zero-order valence-corrected chi connectivity index (χ0v) is 11.3.